The van der Waals surface area contributed by atoms with E-state index < -0.39 is 24.1 Å². The van der Waals surface area contributed by atoms with Gasteiger partial charge in [-0.2, -0.15) is 0 Å². The molecule has 1 unspecified atom stereocenters. The van der Waals surface area contributed by atoms with Crippen LogP contribution in [0.4, 0.5) is 4.79 Å². The molecule has 8 heteroatoms. The summed E-state index contributed by atoms with van der Waals surface area (Å²) in [5.74, 6) is -1.51. The van der Waals surface area contributed by atoms with Crippen molar-refractivity contribution >= 4 is 17.9 Å². The van der Waals surface area contributed by atoms with Gasteiger partial charge >= 0.3 is 12.0 Å². The molecule has 0 spiro atoms. The monoisotopic (exact) mass is 259 g/mol. The van der Waals surface area contributed by atoms with Crippen LogP contribution in [0, 0.1) is 0 Å². The Hall–Kier alpha value is -1.83. The predicted molar refractivity (Wildman–Crippen MR) is 60.8 cm³/mol. The number of hydrogen-bond acceptors (Lipinski definition) is 4. The van der Waals surface area contributed by atoms with Gasteiger partial charge in [-0.05, 0) is 0 Å². The SMILES string of the molecule is CNC(=O)CN(C)C(=O)N1CC(O)C[C@H]1C(=O)O. The van der Waals surface area contributed by atoms with Gasteiger partial charge in [0.25, 0.3) is 0 Å². The number of carbonyl (C=O) groups excluding carboxylic acids is 2. The van der Waals surface area contributed by atoms with Crippen molar-refractivity contribution < 1.29 is 24.6 Å². The van der Waals surface area contributed by atoms with Gasteiger partial charge in [0.2, 0.25) is 5.91 Å². The quantitative estimate of drug-likeness (QED) is 0.560. The molecule has 3 amide bonds. The molecular weight excluding hydrogens is 242 g/mol. The van der Waals surface area contributed by atoms with Crippen LogP contribution >= 0.6 is 0 Å². The van der Waals surface area contributed by atoms with E-state index in [1.807, 2.05) is 0 Å². The van der Waals surface area contributed by atoms with Gasteiger partial charge in [0.05, 0.1) is 6.10 Å². The Morgan fingerprint density at radius 3 is 2.56 bits per heavy atom. The number of urea groups is 1. The summed E-state index contributed by atoms with van der Waals surface area (Å²) in [6, 6.07) is -1.62. The number of nitrogens with zero attached hydrogens (tertiary/aromatic N) is 2. The van der Waals surface area contributed by atoms with E-state index in [0.717, 1.165) is 9.80 Å². The number of carboxylic acid groups (broad SMARTS) is 1. The van der Waals surface area contributed by atoms with E-state index in [2.05, 4.69) is 5.32 Å². The van der Waals surface area contributed by atoms with Crippen LogP contribution in [-0.4, -0.2) is 77.3 Å². The van der Waals surface area contributed by atoms with Crippen LogP contribution < -0.4 is 5.32 Å². The summed E-state index contributed by atoms with van der Waals surface area (Å²) in [7, 11) is 2.85. The lowest BCUT2D eigenvalue weighted by Gasteiger charge is -2.26. The molecule has 1 fully saturated rings. The third kappa shape index (κ3) is 3.10. The number of β-amino-alcohol motifs (C(OH)–C–C–N with tert-alkyl or cyclic N) is 1. The van der Waals surface area contributed by atoms with Crippen molar-refractivity contribution in [1.82, 2.24) is 15.1 Å². The van der Waals surface area contributed by atoms with Crippen molar-refractivity contribution in [3.63, 3.8) is 0 Å². The summed E-state index contributed by atoms with van der Waals surface area (Å²) >= 11 is 0. The highest BCUT2D eigenvalue weighted by molar-refractivity contribution is 5.87. The zero-order valence-electron chi connectivity index (χ0n) is 10.3. The molecule has 1 aliphatic heterocycles. The molecule has 3 N–H and O–H groups in total. The molecule has 1 rings (SSSR count). The van der Waals surface area contributed by atoms with E-state index in [0.29, 0.717) is 0 Å². The molecule has 1 aliphatic rings. The smallest absolute Gasteiger partial charge is 0.326 e. The maximum Gasteiger partial charge on any atom is 0.326 e. The van der Waals surface area contributed by atoms with E-state index in [4.69, 9.17) is 5.11 Å². The average molecular weight is 259 g/mol. The number of carboxylic acids is 1. The first-order chi connectivity index (χ1) is 8.36. The summed E-state index contributed by atoms with van der Waals surface area (Å²) in [6.07, 6.45) is -0.835. The van der Waals surface area contributed by atoms with Gasteiger partial charge in [0.15, 0.2) is 0 Å². The van der Waals surface area contributed by atoms with Crippen molar-refractivity contribution in [3.8, 4) is 0 Å². The molecule has 18 heavy (non-hydrogen) atoms. The maximum atomic E-state index is 12.0. The number of rotatable bonds is 3. The van der Waals surface area contributed by atoms with E-state index in [1.165, 1.54) is 14.1 Å². The van der Waals surface area contributed by atoms with Crippen LogP contribution in [0.15, 0.2) is 0 Å². The molecule has 2 atom stereocenters. The molecule has 102 valence electrons. The van der Waals surface area contributed by atoms with Crippen LogP contribution in [0.2, 0.25) is 0 Å². The first-order valence-corrected chi connectivity index (χ1v) is 5.50. The molecule has 8 nitrogen and oxygen atoms in total. The van der Waals surface area contributed by atoms with Gasteiger partial charge in [0, 0.05) is 27.1 Å². The fraction of sp³-hybridized carbons (Fsp3) is 0.700. The number of nitrogens with one attached hydrogen (secondary N) is 1. The molecule has 0 aliphatic carbocycles. The van der Waals surface area contributed by atoms with E-state index in [-0.39, 0.29) is 25.4 Å². The van der Waals surface area contributed by atoms with Crippen LogP contribution in [-0.2, 0) is 9.59 Å². The van der Waals surface area contributed by atoms with Gasteiger partial charge in [-0.25, -0.2) is 9.59 Å². The van der Waals surface area contributed by atoms with Gasteiger partial charge < -0.3 is 25.3 Å². The van der Waals surface area contributed by atoms with Crippen molar-refractivity contribution in [2.75, 3.05) is 27.2 Å². The number of likely N-dealkylation sites (N-methyl/N-ethyl adjacent to an activating group) is 2. The van der Waals surface area contributed by atoms with Crippen LogP contribution in [0.1, 0.15) is 6.42 Å². The topological polar surface area (TPSA) is 110 Å². The molecule has 0 aromatic heterocycles. The second kappa shape index (κ2) is 5.67. The molecule has 0 saturated carbocycles. The fourth-order valence-corrected chi connectivity index (χ4v) is 1.84. The normalized spacial score (nSPS) is 22.7. The van der Waals surface area contributed by atoms with Gasteiger partial charge in [-0.15, -0.1) is 0 Å². The highest BCUT2D eigenvalue weighted by atomic mass is 16.4. The minimum Gasteiger partial charge on any atom is -0.480 e. The van der Waals surface area contributed by atoms with E-state index in [1.54, 1.807) is 0 Å². The Bertz CT molecular complexity index is 359. The summed E-state index contributed by atoms with van der Waals surface area (Å²) in [5.41, 5.74) is 0. The number of aliphatic hydroxyl groups excluding tert-OH is 1. The number of carbonyl (C=O) groups is 3. The Labute approximate surface area is 104 Å². The maximum absolute atomic E-state index is 12.0. The van der Waals surface area contributed by atoms with Crippen LogP contribution in [0.25, 0.3) is 0 Å². The first-order valence-electron chi connectivity index (χ1n) is 5.50. The molecule has 1 saturated heterocycles. The number of amides is 3. The summed E-state index contributed by atoms with van der Waals surface area (Å²) in [6.45, 7) is -0.192. The summed E-state index contributed by atoms with van der Waals surface area (Å²) in [5, 5.41) is 20.7. The number of aliphatic carboxylic acids is 1. The number of hydrogen-bond donors (Lipinski definition) is 3. The summed E-state index contributed by atoms with van der Waals surface area (Å²) in [4.78, 5) is 36.2. The van der Waals surface area contributed by atoms with Crippen molar-refractivity contribution in [2.45, 2.75) is 18.6 Å². The van der Waals surface area contributed by atoms with Crippen LogP contribution in [0.5, 0.6) is 0 Å². The van der Waals surface area contributed by atoms with Crippen molar-refractivity contribution in [2.24, 2.45) is 0 Å². The highest BCUT2D eigenvalue weighted by Crippen LogP contribution is 2.19. The fourth-order valence-electron chi connectivity index (χ4n) is 1.84. The number of aliphatic hydroxyl groups is 1. The number of likely N-dealkylation sites (tertiary alicyclic amines) is 1. The molecule has 0 aromatic rings. The first kappa shape index (κ1) is 14.2. The molecule has 1 heterocycles. The predicted octanol–water partition coefficient (Wildman–Crippen LogP) is -1.70. The van der Waals surface area contributed by atoms with Crippen molar-refractivity contribution in [1.29, 1.82) is 0 Å². The lowest BCUT2D eigenvalue weighted by molar-refractivity contribution is -0.141. The van der Waals surface area contributed by atoms with E-state index in [9.17, 15) is 19.5 Å². The minimum atomic E-state index is -1.16. The Morgan fingerprint density at radius 1 is 1.44 bits per heavy atom. The van der Waals surface area contributed by atoms with E-state index >= 15 is 0 Å². The average Bonchev–Trinajstić information content (AvgIpc) is 2.70. The van der Waals surface area contributed by atoms with Gasteiger partial charge in [0.1, 0.15) is 12.6 Å². The zero-order chi connectivity index (χ0) is 13.9. The lowest BCUT2D eigenvalue weighted by Crippen LogP contribution is -2.49. The van der Waals surface area contributed by atoms with Gasteiger partial charge in [-0.1, -0.05) is 0 Å². The largest absolute Gasteiger partial charge is 0.480 e. The standard InChI is InChI=1S/C10H17N3O5/c1-11-8(15)5-12(2)10(18)13-4-6(14)3-7(13)9(16)17/h6-7,14H,3-5H2,1-2H3,(H,11,15)(H,16,17)/t6?,7-/m0/s1. The third-order valence-corrected chi connectivity index (χ3v) is 2.80. The molecule has 0 bridgehead atoms. The second-order valence-corrected chi connectivity index (χ2v) is 4.21. The molecule has 0 radical (unpaired) electrons. The highest BCUT2D eigenvalue weighted by Gasteiger charge is 2.40. The summed E-state index contributed by atoms with van der Waals surface area (Å²) < 4.78 is 0. The van der Waals surface area contributed by atoms with Gasteiger partial charge in [-0.3, -0.25) is 4.79 Å². The Balaban J connectivity index is 2.70. The van der Waals surface area contributed by atoms with Crippen molar-refractivity contribution in [3.05, 3.63) is 0 Å². The molecule has 0 aromatic carbocycles. The Morgan fingerprint density at radius 2 is 2.06 bits per heavy atom. The zero-order valence-corrected chi connectivity index (χ0v) is 10.3. The molecular formula is C10H17N3O5. The Kier molecular flexibility index (Phi) is 4.49. The van der Waals surface area contributed by atoms with Crippen LogP contribution in [0.3, 0.4) is 0 Å². The second-order valence-electron chi connectivity index (χ2n) is 4.21. The minimum absolute atomic E-state index is 0.00882. The lowest BCUT2D eigenvalue weighted by atomic mass is 10.2. The third-order valence-electron chi connectivity index (χ3n) is 2.80.